The first kappa shape index (κ1) is 29.2. The van der Waals surface area contributed by atoms with E-state index in [1.54, 1.807) is 30.3 Å². The Hall–Kier alpha value is -3.83. The Bertz CT molecular complexity index is 1310. The molecule has 212 valence electrons. The van der Waals surface area contributed by atoms with Gasteiger partial charge in [0.1, 0.15) is 23.9 Å². The highest BCUT2D eigenvalue weighted by atomic mass is 19.1. The first-order chi connectivity index (χ1) is 19.2. The molecule has 40 heavy (non-hydrogen) atoms. The maximum absolute atomic E-state index is 14.1. The van der Waals surface area contributed by atoms with E-state index in [4.69, 9.17) is 24.7 Å². The Morgan fingerprint density at radius 2 is 1.80 bits per heavy atom. The zero-order valence-corrected chi connectivity index (χ0v) is 22.3. The molecule has 4 N–H and O–H groups in total. The molecule has 1 saturated heterocycles. The Labute approximate surface area is 232 Å². The number of amides is 1. The van der Waals surface area contributed by atoms with E-state index in [-0.39, 0.29) is 12.5 Å². The lowest BCUT2D eigenvalue weighted by Crippen LogP contribution is -2.63. The van der Waals surface area contributed by atoms with Gasteiger partial charge in [-0.05, 0) is 52.9 Å². The molecule has 0 aromatic heterocycles. The van der Waals surface area contributed by atoms with Crippen molar-refractivity contribution in [2.45, 2.75) is 57.7 Å². The number of carbonyl (C=O) groups excluding carboxylic acids is 2. The van der Waals surface area contributed by atoms with Gasteiger partial charge in [0.25, 0.3) is 0 Å². The van der Waals surface area contributed by atoms with Crippen LogP contribution in [0.15, 0.2) is 72.8 Å². The van der Waals surface area contributed by atoms with Crippen LogP contribution in [0.25, 0.3) is 11.1 Å². The van der Waals surface area contributed by atoms with E-state index >= 15 is 0 Å². The SMILES string of the molecule is CC(=O)NCCc1ccc(O[C@@H]2O[C@@H](N)[C@H](OCc3ccccc3)[C@@H](OC(C)=O)[C@H]2O)cc1-c1cccc(F)c1. The van der Waals surface area contributed by atoms with Gasteiger partial charge in [0.2, 0.25) is 12.2 Å². The standard InChI is InChI=1S/C30H33FN2O7/c1-18(34)33-14-13-21-11-12-24(16-25(21)22-9-6-10-23(31)15-22)39-30-26(36)27(38-19(2)35)28(29(32)40-30)37-17-20-7-4-3-5-8-20/h3-12,15-16,26-30,36H,13-14,17,32H2,1-2H3,(H,33,34)/t26-,27+,28-,29-,30-/m1/s1. The fourth-order valence-electron chi connectivity index (χ4n) is 4.51. The van der Waals surface area contributed by atoms with Crippen molar-refractivity contribution in [1.82, 2.24) is 5.32 Å². The van der Waals surface area contributed by atoms with E-state index in [1.165, 1.54) is 26.0 Å². The highest BCUT2D eigenvalue weighted by Gasteiger charge is 2.48. The summed E-state index contributed by atoms with van der Waals surface area (Å²) >= 11 is 0. The molecule has 3 aromatic carbocycles. The van der Waals surface area contributed by atoms with Crippen molar-refractivity contribution in [2.24, 2.45) is 5.73 Å². The second kappa shape index (κ2) is 13.5. The number of hydrogen-bond donors (Lipinski definition) is 3. The third-order valence-electron chi connectivity index (χ3n) is 6.38. The quantitative estimate of drug-likeness (QED) is 0.328. The fourth-order valence-corrected chi connectivity index (χ4v) is 4.51. The summed E-state index contributed by atoms with van der Waals surface area (Å²) in [6.07, 6.45) is -5.43. The molecule has 1 aliphatic rings. The smallest absolute Gasteiger partial charge is 0.303 e. The van der Waals surface area contributed by atoms with Crippen molar-refractivity contribution in [3.63, 3.8) is 0 Å². The Balaban J connectivity index is 1.55. The zero-order chi connectivity index (χ0) is 28.6. The number of rotatable bonds is 10. The Morgan fingerprint density at radius 3 is 2.50 bits per heavy atom. The number of carbonyl (C=O) groups is 2. The Kier molecular flexibility index (Phi) is 9.84. The largest absolute Gasteiger partial charge is 0.462 e. The number of halogens is 1. The molecule has 5 atom stereocenters. The molecule has 4 rings (SSSR count). The summed E-state index contributed by atoms with van der Waals surface area (Å²) in [6.45, 7) is 3.22. The summed E-state index contributed by atoms with van der Waals surface area (Å²) < 4.78 is 37.1. The topological polar surface area (TPSA) is 129 Å². The van der Waals surface area contributed by atoms with Gasteiger partial charge in [-0.25, -0.2) is 4.39 Å². The van der Waals surface area contributed by atoms with Crippen LogP contribution in [0.4, 0.5) is 4.39 Å². The average molecular weight is 553 g/mol. The van der Waals surface area contributed by atoms with Crippen LogP contribution in [0, 0.1) is 5.82 Å². The van der Waals surface area contributed by atoms with Gasteiger partial charge in [-0.15, -0.1) is 0 Å². The normalized spacial score (nSPS) is 22.4. The third-order valence-corrected chi connectivity index (χ3v) is 6.38. The monoisotopic (exact) mass is 552 g/mol. The van der Waals surface area contributed by atoms with Gasteiger partial charge < -0.3 is 35.1 Å². The minimum absolute atomic E-state index is 0.152. The highest BCUT2D eigenvalue weighted by Crippen LogP contribution is 2.32. The molecule has 0 aliphatic carbocycles. The summed E-state index contributed by atoms with van der Waals surface area (Å²) in [4.78, 5) is 23.2. The van der Waals surface area contributed by atoms with Gasteiger partial charge >= 0.3 is 5.97 Å². The van der Waals surface area contributed by atoms with Crippen LogP contribution in [0.1, 0.15) is 25.0 Å². The first-order valence-electron chi connectivity index (χ1n) is 12.9. The van der Waals surface area contributed by atoms with Gasteiger partial charge in [-0.2, -0.15) is 0 Å². The first-order valence-corrected chi connectivity index (χ1v) is 12.9. The molecule has 1 amide bonds. The molecular formula is C30H33FN2O7. The molecule has 0 saturated carbocycles. The lowest BCUT2D eigenvalue weighted by Gasteiger charge is -2.42. The number of ether oxygens (including phenoxy) is 4. The molecule has 3 aromatic rings. The molecule has 0 unspecified atom stereocenters. The number of aliphatic hydroxyl groups is 1. The summed E-state index contributed by atoms with van der Waals surface area (Å²) in [5.41, 5.74) is 9.25. The van der Waals surface area contributed by atoms with Crippen molar-refractivity contribution in [1.29, 1.82) is 0 Å². The van der Waals surface area contributed by atoms with Crippen molar-refractivity contribution in [3.05, 3.63) is 89.7 Å². The van der Waals surface area contributed by atoms with Gasteiger partial charge in [0, 0.05) is 20.4 Å². The zero-order valence-electron chi connectivity index (χ0n) is 22.3. The maximum atomic E-state index is 14.1. The van der Waals surface area contributed by atoms with Gasteiger partial charge in [0.05, 0.1) is 6.61 Å². The van der Waals surface area contributed by atoms with E-state index in [1.807, 2.05) is 30.3 Å². The van der Waals surface area contributed by atoms with Crippen LogP contribution >= 0.6 is 0 Å². The molecular weight excluding hydrogens is 519 g/mol. The van der Waals surface area contributed by atoms with Gasteiger partial charge in [-0.1, -0.05) is 48.5 Å². The van der Waals surface area contributed by atoms with Crippen LogP contribution in [0.2, 0.25) is 0 Å². The molecule has 10 heteroatoms. The molecule has 1 heterocycles. The van der Waals surface area contributed by atoms with E-state index in [0.29, 0.717) is 29.8 Å². The number of hydrogen-bond acceptors (Lipinski definition) is 8. The minimum Gasteiger partial charge on any atom is -0.462 e. The second-order valence-corrected chi connectivity index (χ2v) is 9.48. The molecule has 1 fully saturated rings. The molecule has 0 radical (unpaired) electrons. The summed E-state index contributed by atoms with van der Waals surface area (Å²) in [6, 6.07) is 20.6. The maximum Gasteiger partial charge on any atom is 0.303 e. The fraction of sp³-hybridized carbons (Fsp3) is 0.333. The third kappa shape index (κ3) is 7.64. The van der Waals surface area contributed by atoms with Crippen LogP contribution in [-0.2, 0) is 36.8 Å². The van der Waals surface area contributed by atoms with Crippen molar-refractivity contribution < 1.29 is 38.0 Å². The van der Waals surface area contributed by atoms with Crippen molar-refractivity contribution in [3.8, 4) is 16.9 Å². The van der Waals surface area contributed by atoms with E-state index in [0.717, 1.165) is 11.1 Å². The average Bonchev–Trinajstić information content (AvgIpc) is 2.92. The highest BCUT2D eigenvalue weighted by molar-refractivity contribution is 5.73. The van der Waals surface area contributed by atoms with Crippen LogP contribution in [0.3, 0.4) is 0 Å². The van der Waals surface area contributed by atoms with Crippen molar-refractivity contribution in [2.75, 3.05) is 6.54 Å². The lowest BCUT2D eigenvalue weighted by atomic mass is 9.97. The molecule has 0 spiro atoms. The van der Waals surface area contributed by atoms with E-state index in [2.05, 4.69) is 5.32 Å². The number of aliphatic hydroxyl groups excluding tert-OH is 1. The number of nitrogens with one attached hydrogen (secondary N) is 1. The van der Waals surface area contributed by atoms with Crippen LogP contribution in [0.5, 0.6) is 5.75 Å². The second-order valence-electron chi connectivity index (χ2n) is 9.48. The van der Waals surface area contributed by atoms with Gasteiger partial charge in [0.15, 0.2) is 12.2 Å². The molecule has 0 bridgehead atoms. The summed E-state index contributed by atoms with van der Waals surface area (Å²) in [5, 5.41) is 13.9. The van der Waals surface area contributed by atoms with Crippen molar-refractivity contribution >= 4 is 11.9 Å². The predicted octanol–water partition coefficient (Wildman–Crippen LogP) is 3.07. The lowest BCUT2D eigenvalue weighted by molar-refractivity contribution is -0.284. The van der Waals surface area contributed by atoms with Gasteiger partial charge in [-0.3, -0.25) is 9.59 Å². The summed E-state index contributed by atoms with van der Waals surface area (Å²) in [7, 11) is 0. The van der Waals surface area contributed by atoms with E-state index in [9.17, 15) is 19.1 Å². The van der Waals surface area contributed by atoms with E-state index < -0.39 is 42.6 Å². The molecule has 9 nitrogen and oxygen atoms in total. The minimum atomic E-state index is -1.43. The number of benzene rings is 3. The summed E-state index contributed by atoms with van der Waals surface area (Å²) in [5.74, 6) is -0.869. The van der Waals surface area contributed by atoms with Crippen LogP contribution in [-0.4, -0.2) is 54.4 Å². The predicted molar refractivity (Wildman–Crippen MR) is 144 cm³/mol. The number of nitrogens with two attached hydrogens (primary N) is 1. The Morgan fingerprint density at radius 1 is 1.02 bits per heavy atom. The van der Waals surface area contributed by atoms with Crippen LogP contribution < -0.4 is 15.8 Å². The number of esters is 1. The molecule has 1 aliphatic heterocycles.